The van der Waals surface area contributed by atoms with Gasteiger partial charge in [-0.25, -0.2) is 0 Å². The number of aromatic nitrogens is 4. The van der Waals surface area contributed by atoms with Gasteiger partial charge in [-0.05, 0) is 52.5 Å². The average Bonchev–Trinajstić information content (AvgIpc) is 3.39. The lowest BCUT2D eigenvalue weighted by Crippen LogP contribution is -2.55. The van der Waals surface area contributed by atoms with Gasteiger partial charge in [0.2, 0.25) is 24.0 Å². The van der Waals surface area contributed by atoms with Crippen molar-refractivity contribution in [3.63, 3.8) is 0 Å². The minimum absolute atomic E-state index is 0.155. The largest absolute Gasteiger partial charge is 0.356 e. The summed E-state index contributed by atoms with van der Waals surface area (Å²) in [6.07, 6.45) is 1.20. The van der Waals surface area contributed by atoms with E-state index in [1.54, 1.807) is 0 Å². The zero-order valence-electron chi connectivity index (χ0n) is 21.8. The summed E-state index contributed by atoms with van der Waals surface area (Å²) in [5.41, 5.74) is 2.53. The van der Waals surface area contributed by atoms with Crippen LogP contribution in [0, 0.1) is 12.8 Å². The molecule has 0 saturated carbocycles. The molecule has 194 valence electrons. The number of ether oxygens (including phenoxy) is 1. The number of likely N-dealkylation sites (tertiary alicyclic amines) is 2. The van der Waals surface area contributed by atoms with E-state index in [-0.39, 0.29) is 17.7 Å². The fourth-order valence-corrected chi connectivity index (χ4v) is 5.16. The summed E-state index contributed by atoms with van der Waals surface area (Å²) < 4.78 is 13.1. The molecule has 1 unspecified atom stereocenters. The van der Waals surface area contributed by atoms with Crippen molar-refractivity contribution >= 4 is 16.8 Å². The Balaban J connectivity index is 1.12. The maximum atomic E-state index is 12.8. The summed E-state index contributed by atoms with van der Waals surface area (Å²) in [5.74, 6) is 1.81. The van der Waals surface area contributed by atoms with Crippen molar-refractivity contribution in [3.05, 3.63) is 29.8 Å². The van der Waals surface area contributed by atoms with Gasteiger partial charge >= 0.3 is 0 Å². The molecule has 2 aliphatic rings. The summed E-state index contributed by atoms with van der Waals surface area (Å²) in [7, 11) is 1.93. The molecule has 1 atom stereocenters. The van der Waals surface area contributed by atoms with Gasteiger partial charge in [-0.2, -0.15) is 10.1 Å². The van der Waals surface area contributed by atoms with Crippen LogP contribution in [0.25, 0.3) is 22.3 Å². The van der Waals surface area contributed by atoms with Crippen molar-refractivity contribution in [1.29, 1.82) is 0 Å². The lowest BCUT2D eigenvalue weighted by atomic mass is 9.93. The fourth-order valence-electron chi connectivity index (χ4n) is 5.16. The fraction of sp³-hybridized carbons (Fsp3) is 0.615. The number of carbonyl (C=O) groups excluding carboxylic acids is 1. The molecule has 3 aromatic rings. The number of carbonyl (C=O) groups is 1. The van der Waals surface area contributed by atoms with Gasteiger partial charge in [-0.3, -0.25) is 14.4 Å². The summed E-state index contributed by atoms with van der Waals surface area (Å²) in [5, 5.41) is 20.0. The third kappa shape index (κ3) is 5.16. The van der Waals surface area contributed by atoms with Crippen LogP contribution < -0.4 is 0 Å². The number of hydrogen-bond acceptors (Lipinski definition) is 8. The van der Waals surface area contributed by atoms with E-state index in [2.05, 4.69) is 15.2 Å². The van der Waals surface area contributed by atoms with E-state index in [0.29, 0.717) is 44.3 Å². The molecule has 2 aromatic heterocycles. The van der Waals surface area contributed by atoms with Gasteiger partial charge in [0.1, 0.15) is 0 Å². The molecule has 2 fully saturated rings. The third-order valence-electron chi connectivity index (χ3n) is 7.15. The molecule has 0 spiro atoms. The lowest BCUT2D eigenvalue weighted by Gasteiger charge is -2.43. The van der Waals surface area contributed by atoms with Crippen LogP contribution in [0.15, 0.2) is 22.7 Å². The van der Waals surface area contributed by atoms with Crippen molar-refractivity contribution in [2.75, 3.05) is 26.2 Å². The zero-order valence-corrected chi connectivity index (χ0v) is 21.8. The van der Waals surface area contributed by atoms with E-state index < -0.39 is 12.0 Å². The van der Waals surface area contributed by atoms with Crippen LogP contribution in [0.2, 0.25) is 0 Å². The highest BCUT2D eigenvalue weighted by Crippen LogP contribution is 2.31. The van der Waals surface area contributed by atoms with E-state index in [9.17, 15) is 9.90 Å². The first kappa shape index (κ1) is 24.9. The molecule has 36 heavy (non-hydrogen) atoms. The average molecular weight is 497 g/mol. The maximum Gasteiger partial charge on any atom is 0.230 e. The number of aryl methyl sites for hydroxylation is 2. The first-order valence-electron chi connectivity index (χ1n) is 12.7. The van der Waals surface area contributed by atoms with E-state index in [1.807, 2.05) is 67.4 Å². The second-order valence-corrected chi connectivity index (χ2v) is 11.1. The minimum Gasteiger partial charge on any atom is -0.356 e. The molecule has 1 amide bonds. The van der Waals surface area contributed by atoms with Crippen LogP contribution in [0.4, 0.5) is 0 Å². The lowest BCUT2D eigenvalue weighted by molar-refractivity contribution is -0.261. The first-order valence-corrected chi connectivity index (χ1v) is 12.7. The molecule has 2 aliphatic heterocycles. The molecule has 2 saturated heterocycles. The molecule has 0 bridgehead atoms. The second kappa shape index (κ2) is 9.57. The summed E-state index contributed by atoms with van der Waals surface area (Å²) in [4.78, 5) is 21.3. The molecular formula is C26H36N6O4. The van der Waals surface area contributed by atoms with Gasteiger partial charge in [0, 0.05) is 56.5 Å². The van der Waals surface area contributed by atoms with Crippen molar-refractivity contribution in [2.24, 2.45) is 13.0 Å². The quantitative estimate of drug-likeness (QED) is 0.519. The summed E-state index contributed by atoms with van der Waals surface area (Å²) in [6, 6.07) is 6.09. The van der Waals surface area contributed by atoms with Crippen LogP contribution in [0.5, 0.6) is 0 Å². The predicted octanol–water partition coefficient (Wildman–Crippen LogP) is 3.05. The topological polar surface area (TPSA) is 110 Å². The molecule has 10 nitrogen and oxygen atoms in total. The molecule has 1 N–H and O–H groups in total. The van der Waals surface area contributed by atoms with Crippen molar-refractivity contribution in [3.8, 4) is 11.4 Å². The molecule has 4 heterocycles. The van der Waals surface area contributed by atoms with Crippen molar-refractivity contribution < 1.29 is 19.2 Å². The highest BCUT2D eigenvalue weighted by atomic mass is 16.6. The van der Waals surface area contributed by atoms with Crippen LogP contribution >= 0.6 is 0 Å². The number of nitrogens with zero attached hydrogens (tertiary/aromatic N) is 6. The maximum absolute atomic E-state index is 12.8. The number of fused-ring (bicyclic) bond motifs is 1. The smallest absolute Gasteiger partial charge is 0.230 e. The van der Waals surface area contributed by atoms with E-state index in [0.717, 1.165) is 35.0 Å². The van der Waals surface area contributed by atoms with Gasteiger partial charge in [-0.1, -0.05) is 17.3 Å². The van der Waals surface area contributed by atoms with E-state index in [4.69, 9.17) is 9.26 Å². The van der Waals surface area contributed by atoms with Crippen LogP contribution in [-0.4, -0.2) is 78.9 Å². The Morgan fingerprint density at radius 2 is 1.97 bits per heavy atom. The Bertz CT molecular complexity index is 1230. The van der Waals surface area contributed by atoms with Crippen LogP contribution in [0.1, 0.15) is 57.5 Å². The van der Waals surface area contributed by atoms with Crippen molar-refractivity contribution in [1.82, 2.24) is 29.7 Å². The van der Waals surface area contributed by atoms with Gasteiger partial charge in [-0.15, -0.1) is 0 Å². The molecule has 10 heteroatoms. The standard InChI is InChI=1S/C26H36N6O4/c1-16-20-7-6-19(13-21(20)30(5)28-16)23-27-24(36-29-23)18-8-10-31(11-9-18)22(33)12-17-14-32(15-17)25(34)35-26(2,3)4/h6-7,13,17-18,25,34H,8-12,14-15H2,1-5H3. The predicted molar refractivity (Wildman–Crippen MR) is 134 cm³/mol. The van der Waals surface area contributed by atoms with Gasteiger partial charge in [0.05, 0.1) is 16.8 Å². The normalized spacial score (nSPS) is 19.1. The third-order valence-corrected chi connectivity index (χ3v) is 7.15. The van der Waals surface area contributed by atoms with E-state index in [1.165, 1.54) is 0 Å². The number of rotatable bonds is 6. The first-order chi connectivity index (χ1) is 17.1. The Morgan fingerprint density at radius 1 is 1.25 bits per heavy atom. The van der Waals surface area contributed by atoms with Crippen LogP contribution in [-0.2, 0) is 16.6 Å². The van der Waals surface area contributed by atoms with Crippen LogP contribution in [0.3, 0.4) is 0 Å². The number of benzene rings is 1. The Kier molecular flexibility index (Phi) is 6.61. The molecule has 1 aromatic carbocycles. The number of aliphatic hydroxyl groups excluding tert-OH is 1. The zero-order chi connectivity index (χ0) is 25.6. The molecule has 0 radical (unpaired) electrons. The molecule has 5 rings (SSSR count). The summed E-state index contributed by atoms with van der Waals surface area (Å²) >= 11 is 0. The SMILES string of the molecule is Cc1nn(C)c2cc(-c3noc(C4CCN(C(=O)CC5CN(C(O)OC(C)(C)C)C5)CC4)n3)ccc12. The molecule has 0 aliphatic carbocycles. The Morgan fingerprint density at radius 3 is 2.67 bits per heavy atom. The minimum atomic E-state index is -0.915. The van der Waals surface area contributed by atoms with Gasteiger partial charge in [0.25, 0.3) is 0 Å². The Labute approximate surface area is 211 Å². The number of hydrogen-bond donors (Lipinski definition) is 1. The number of amides is 1. The number of aliphatic hydroxyl groups is 1. The highest BCUT2D eigenvalue weighted by Gasteiger charge is 2.36. The van der Waals surface area contributed by atoms with E-state index >= 15 is 0 Å². The van der Waals surface area contributed by atoms with Crippen molar-refractivity contribution in [2.45, 2.75) is 64.9 Å². The molecular weight excluding hydrogens is 460 g/mol. The second-order valence-electron chi connectivity index (χ2n) is 11.1. The summed E-state index contributed by atoms with van der Waals surface area (Å²) in [6.45, 7) is 10.5. The van der Waals surface area contributed by atoms with Gasteiger partial charge in [0.15, 0.2) is 0 Å². The monoisotopic (exact) mass is 496 g/mol. The number of piperidine rings is 1. The highest BCUT2D eigenvalue weighted by molar-refractivity contribution is 5.85. The van der Waals surface area contributed by atoms with Gasteiger partial charge < -0.3 is 19.3 Å². The Hall–Kier alpha value is -2.82.